The second-order valence-electron chi connectivity index (χ2n) is 8.76. The lowest BCUT2D eigenvalue weighted by atomic mass is 10.2. The number of methoxy groups -OCH3 is 1. The topological polar surface area (TPSA) is 103 Å². The van der Waals surface area contributed by atoms with Gasteiger partial charge in [-0.2, -0.15) is 4.98 Å². The van der Waals surface area contributed by atoms with Crippen LogP contribution < -0.4 is 26.7 Å². The minimum Gasteiger partial charge on any atom is -0.497 e. The first-order valence-electron chi connectivity index (χ1n) is 12.5. The van der Waals surface area contributed by atoms with Crippen LogP contribution in [0.15, 0.2) is 76.4 Å². The number of anilines is 2. The minimum atomic E-state index is -0.681. The zero-order valence-corrected chi connectivity index (χ0v) is 21.5. The third-order valence-corrected chi connectivity index (χ3v) is 6.01. The second kappa shape index (κ2) is 12.7. The van der Waals surface area contributed by atoms with E-state index in [1.165, 1.54) is 16.7 Å². The number of hydrogen-bond donors (Lipinski definition) is 2. The number of nitrogens with zero attached hydrogens (tertiary/aromatic N) is 4. The molecule has 38 heavy (non-hydrogen) atoms. The first-order valence-corrected chi connectivity index (χ1v) is 12.5. The van der Waals surface area contributed by atoms with Gasteiger partial charge in [0.25, 0.3) is 0 Å². The molecule has 2 aromatic heterocycles. The number of aromatic nitrogens is 4. The van der Waals surface area contributed by atoms with Gasteiger partial charge in [0.15, 0.2) is 0 Å². The summed E-state index contributed by atoms with van der Waals surface area (Å²) in [7, 11) is 1.59. The fourth-order valence-corrected chi connectivity index (χ4v) is 3.98. The summed E-state index contributed by atoms with van der Waals surface area (Å²) < 4.78 is 21.1. The van der Waals surface area contributed by atoms with Crippen LogP contribution in [0.25, 0.3) is 0 Å². The number of nitrogens with one attached hydrogen (secondary N) is 2. The maximum Gasteiger partial charge on any atom is 0.355 e. The number of benzene rings is 2. The smallest absolute Gasteiger partial charge is 0.355 e. The molecule has 9 nitrogen and oxygen atoms in total. The van der Waals surface area contributed by atoms with Gasteiger partial charge < -0.3 is 15.4 Å². The van der Waals surface area contributed by atoms with Crippen LogP contribution in [0.1, 0.15) is 30.0 Å². The van der Waals surface area contributed by atoms with Crippen LogP contribution in [-0.4, -0.2) is 39.3 Å². The average molecular weight is 519 g/mol. The molecule has 198 valence electrons. The summed E-state index contributed by atoms with van der Waals surface area (Å²) in [5, 5.41) is 6.50. The van der Waals surface area contributed by atoms with Gasteiger partial charge >= 0.3 is 11.4 Å². The molecule has 0 aliphatic rings. The summed E-state index contributed by atoms with van der Waals surface area (Å²) in [4.78, 5) is 35.1. The number of rotatable bonds is 12. The molecule has 10 heteroatoms. The Kier molecular flexibility index (Phi) is 8.86. The fraction of sp³-hybridized carbons (Fsp3) is 0.286. The molecule has 2 N–H and O–H groups in total. The van der Waals surface area contributed by atoms with Crippen molar-refractivity contribution in [3.05, 3.63) is 110 Å². The van der Waals surface area contributed by atoms with Crippen molar-refractivity contribution in [2.75, 3.05) is 30.8 Å². The number of ether oxygens (including phenoxy) is 1. The number of pyridine rings is 1. The molecule has 2 heterocycles. The van der Waals surface area contributed by atoms with Gasteiger partial charge in [-0.3, -0.25) is 4.57 Å². The molecule has 0 atom stereocenters. The van der Waals surface area contributed by atoms with Gasteiger partial charge in [0.2, 0.25) is 5.95 Å². The largest absolute Gasteiger partial charge is 0.497 e. The quantitative estimate of drug-likeness (QED) is 0.296. The molecule has 0 unspecified atom stereocenters. The van der Waals surface area contributed by atoms with Crippen LogP contribution in [0, 0.1) is 5.82 Å². The highest BCUT2D eigenvalue weighted by atomic mass is 19.1. The Bertz CT molecular complexity index is 1470. The Labute approximate surface area is 220 Å². The molecule has 0 saturated heterocycles. The minimum absolute atomic E-state index is 0.0179. The standard InChI is InChI=1S/C28H31FN6O3/c1-3-15-30-25-22(5-4-16-31-25)14-17-32-26-33-27(36)35(19-20-6-10-23(29)11-7-20)28(37)34(26)18-21-8-12-24(38-2)13-9-21/h4-13,16H,3,14-15,17-19H2,1-2H3,(H,30,31)(H,32,33,36). The lowest BCUT2D eigenvalue weighted by molar-refractivity contribution is 0.414. The normalized spacial score (nSPS) is 10.8. The Hall–Kier alpha value is -4.47. The van der Waals surface area contributed by atoms with Crippen LogP contribution in [0.5, 0.6) is 5.75 Å². The predicted octanol–water partition coefficient (Wildman–Crippen LogP) is 3.52. The maximum atomic E-state index is 13.5. The van der Waals surface area contributed by atoms with Crippen LogP contribution in [-0.2, 0) is 19.5 Å². The van der Waals surface area contributed by atoms with Crippen molar-refractivity contribution in [2.24, 2.45) is 0 Å². The highest BCUT2D eigenvalue weighted by Crippen LogP contribution is 2.15. The van der Waals surface area contributed by atoms with Crippen LogP contribution in [0.4, 0.5) is 16.2 Å². The van der Waals surface area contributed by atoms with Crippen molar-refractivity contribution >= 4 is 11.8 Å². The Morgan fingerprint density at radius 3 is 2.26 bits per heavy atom. The molecule has 0 fully saturated rings. The monoisotopic (exact) mass is 518 g/mol. The molecule has 0 aliphatic carbocycles. The third-order valence-electron chi connectivity index (χ3n) is 6.01. The zero-order valence-electron chi connectivity index (χ0n) is 21.5. The van der Waals surface area contributed by atoms with Crippen LogP contribution in [0.2, 0.25) is 0 Å². The SMILES string of the molecule is CCCNc1ncccc1CCNc1nc(=O)n(Cc2ccc(F)cc2)c(=O)n1Cc1ccc(OC)cc1. The highest BCUT2D eigenvalue weighted by molar-refractivity contribution is 5.44. The second-order valence-corrected chi connectivity index (χ2v) is 8.76. The van der Waals surface area contributed by atoms with Crippen molar-refractivity contribution < 1.29 is 9.13 Å². The van der Waals surface area contributed by atoms with Crippen molar-refractivity contribution in [1.29, 1.82) is 0 Å². The van der Waals surface area contributed by atoms with Crippen LogP contribution in [0.3, 0.4) is 0 Å². The summed E-state index contributed by atoms with van der Waals surface area (Å²) >= 11 is 0. The van der Waals surface area contributed by atoms with E-state index in [4.69, 9.17) is 4.74 Å². The molecule has 0 amide bonds. The molecule has 0 saturated carbocycles. The van der Waals surface area contributed by atoms with Crippen molar-refractivity contribution in [2.45, 2.75) is 32.9 Å². The average Bonchev–Trinajstić information content (AvgIpc) is 2.94. The lowest BCUT2D eigenvalue weighted by Gasteiger charge is -2.16. The van der Waals surface area contributed by atoms with Gasteiger partial charge in [0, 0.05) is 19.3 Å². The summed E-state index contributed by atoms with van der Waals surface area (Å²) in [6.07, 6.45) is 3.32. The van der Waals surface area contributed by atoms with E-state index in [0.29, 0.717) is 24.3 Å². The summed E-state index contributed by atoms with van der Waals surface area (Å²) in [5.41, 5.74) is 1.27. The summed E-state index contributed by atoms with van der Waals surface area (Å²) in [6.45, 7) is 3.51. The van der Waals surface area contributed by atoms with Crippen LogP contribution >= 0.6 is 0 Å². The van der Waals surface area contributed by atoms with E-state index in [-0.39, 0.29) is 19.0 Å². The number of hydrogen-bond acceptors (Lipinski definition) is 7. The van der Waals surface area contributed by atoms with E-state index in [2.05, 4.69) is 27.5 Å². The molecule has 2 aromatic carbocycles. The number of halogens is 1. The maximum absolute atomic E-state index is 13.5. The van der Waals surface area contributed by atoms with E-state index in [0.717, 1.165) is 34.5 Å². The predicted molar refractivity (Wildman–Crippen MR) is 146 cm³/mol. The van der Waals surface area contributed by atoms with Crippen molar-refractivity contribution in [3.63, 3.8) is 0 Å². The van der Waals surface area contributed by atoms with Gasteiger partial charge in [0.05, 0.1) is 20.2 Å². The van der Waals surface area contributed by atoms with Gasteiger partial charge in [-0.25, -0.2) is 23.5 Å². The molecule has 0 spiro atoms. The molecule has 0 radical (unpaired) electrons. The van der Waals surface area contributed by atoms with Gasteiger partial charge in [0.1, 0.15) is 17.4 Å². The van der Waals surface area contributed by atoms with E-state index in [9.17, 15) is 14.0 Å². The molecule has 0 aliphatic heterocycles. The first kappa shape index (κ1) is 26.6. The summed E-state index contributed by atoms with van der Waals surface area (Å²) in [6, 6.07) is 16.9. The molecule has 4 rings (SSSR count). The van der Waals surface area contributed by atoms with E-state index >= 15 is 0 Å². The van der Waals surface area contributed by atoms with Gasteiger partial charge in [-0.05, 0) is 59.9 Å². The van der Waals surface area contributed by atoms with Crippen molar-refractivity contribution in [3.8, 4) is 5.75 Å². The fourth-order valence-electron chi connectivity index (χ4n) is 3.98. The Morgan fingerprint density at radius 2 is 1.58 bits per heavy atom. The first-order chi connectivity index (χ1) is 18.5. The van der Waals surface area contributed by atoms with Gasteiger partial charge in [-0.1, -0.05) is 37.3 Å². The molecular formula is C28H31FN6O3. The van der Waals surface area contributed by atoms with E-state index in [1.807, 2.05) is 36.4 Å². The van der Waals surface area contributed by atoms with E-state index < -0.39 is 17.2 Å². The molecular weight excluding hydrogens is 487 g/mol. The Morgan fingerprint density at radius 1 is 0.895 bits per heavy atom. The van der Waals surface area contributed by atoms with Gasteiger partial charge in [-0.15, -0.1) is 0 Å². The Balaban J connectivity index is 1.62. The lowest BCUT2D eigenvalue weighted by Crippen LogP contribution is -2.43. The van der Waals surface area contributed by atoms with Crippen molar-refractivity contribution in [1.82, 2.24) is 19.1 Å². The summed E-state index contributed by atoms with van der Waals surface area (Å²) in [5.74, 6) is 1.30. The highest BCUT2D eigenvalue weighted by Gasteiger charge is 2.15. The third kappa shape index (κ3) is 6.64. The molecule has 4 aromatic rings. The van der Waals surface area contributed by atoms with E-state index in [1.54, 1.807) is 25.4 Å². The molecule has 0 bridgehead atoms. The zero-order chi connectivity index (χ0) is 26.9.